The molecule has 1 aromatic carbocycles. The third-order valence-electron chi connectivity index (χ3n) is 8.93. The Kier molecular flexibility index (Phi) is 4.83. The van der Waals surface area contributed by atoms with Gasteiger partial charge in [-0.2, -0.15) is 0 Å². The van der Waals surface area contributed by atoms with Crippen LogP contribution < -0.4 is 14.8 Å². The lowest BCUT2D eigenvalue weighted by atomic mass is 9.49. The molecule has 4 bridgehead atoms. The van der Waals surface area contributed by atoms with Crippen molar-refractivity contribution in [3.8, 4) is 11.5 Å². The first kappa shape index (κ1) is 20.7. The van der Waals surface area contributed by atoms with Gasteiger partial charge < -0.3 is 14.8 Å². The molecule has 0 radical (unpaired) electrons. The van der Waals surface area contributed by atoms with E-state index in [-0.39, 0.29) is 5.91 Å². The second kappa shape index (κ2) is 7.94. The Morgan fingerprint density at radius 3 is 2.62 bits per heavy atom. The van der Waals surface area contributed by atoms with E-state index >= 15 is 0 Å². The van der Waals surface area contributed by atoms with Crippen LogP contribution in [0.2, 0.25) is 0 Å². The van der Waals surface area contributed by atoms with E-state index in [1.165, 1.54) is 44.1 Å². The summed E-state index contributed by atoms with van der Waals surface area (Å²) in [6, 6.07) is 6.12. The highest BCUT2D eigenvalue weighted by Gasteiger charge is 2.50. The van der Waals surface area contributed by atoms with Gasteiger partial charge in [0.2, 0.25) is 6.79 Å². The van der Waals surface area contributed by atoms with Crippen LogP contribution in [0.3, 0.4) is 0 Å². The van der Waals surface area contributed by atoms with Crippen LogP contribution in [0, 0.1) is 23.2 Å². The number of amides is 1. The van der Waals surface area contributed by atoms with Gasteiger partial charge in [0.25, 0.3) is 5.91 Å². The molecule has 4 aliphatic carbocycles. The predicted octanol–water partition coefficient (Wildman–Crippen LogP) is 3.71. The highest BCUT2D eigenvalue weighted by atomic mass is 16.7. The maximum atomic E-state index is 13.2. The zero-order chi connectivity index (χ0) is 22.7. The first-order valence-corrected chi connectivity index (χ1v) is 12.8. The molecule has 0 saturated heterocycles. The van der Waals surface area contributed by atoms with Crippen LogP contribution >= 0.6 is 0 Å². The van der Waals surface area contributed by atoms with E-state index in [2.05, 4.69) is 32.3 Å². The van der Waals surface area contributed by atoms with Crippen molar-refractivity contribution in [3.05, 3.63) is 47.0 Å². The smallest absolute Gasteiger partial charge is 0.270 e. The molecule has 178 valence electrons. The molecule has 4 saturated carbocycles. The van der Waals surface area contributed by atoms with Crippen molar-refractivity contribution in [2.24, 2.45) is 23.2 Å². The van der Waals surface area contributed by atoms with Gasteiger partial charge in [-0.25, -0.2) is 9.97 Å². The lowest BCUT2D eigenvalue weighted by Gasteiger charge is -2.56. The molecule has 1 amide bonds. The van der Waals surface area contributed by atoms with Crippen molar-refractivity contribution in [1.29, 1.82) is 0 Å². The van der Waals surface area contributed by atoms with Crippen molar-refractivity contribution >= 4 is 5.91 Å². The van der Waals surface area contributed by atoms with Gasteiger partial charge in [0, 0.05) is 31.7 Å². The Bertz CT molecular complexity index is 1100. The number of benzene rings is 1. The molecule has 7 nitrogen and oxygen atoms in total. The van der Waals surface area contributed by atoms with E-state index in [1.54, 1.807) is 6.33 Å². The SMILES string of the molecule is O=C(NCC12CC3CC(CC(C3)C1)C2)c1ncnc2c1CCN(Cc1ccc3c(c1)OCO3)C2. The molecule has 0 atom stereocenters. The molecule has 8 rings (SSSR count). The number of rotatable bonds is 5. The van der Waals surface area contributed by atoms with Crippen LogP contribution in [-0.2, 0) is 19.5 Å². The third-order valence-corrected chi connectivity index (χ3v) is 8.93. The summed E-state index contributed by atoms with van der Waals surface area (Å²) in [5, 5.41) is 3.31. The normalized spacial score (nSPS) is 30.9. The highest BCUT2D eigenvalue weighted by Crippen LogP contribution is 2.59. The van der Waals surface area contributed by atoms with Crippen molar-refractivity contribution < 1.29 is 14.3 Å². The molecule has 3 heterocycles. The summed E-state index contributed by atoms with van der Waals surface area (Å²) in [5.74, 6) is 4.29. The van der Waals surface area contributed by atoms with Gasteiger partial charge in [-0.1, -0.05) is 6.07 Å². The van der Waals surface area contributed by atoms with Gasteiger partial charge in [-0.3, -0.25) is 9.69 Å². The largest absolute Gasteiger partial charge is 0.454 e. The molecular formula is C27H32N4O3. The quantitative estimate of drug-likeness (QED) is 0.733. The fourth-order valence-corrected chi connectivity index (χ4v) is 7.89. The van der Waals surface area contributed by atoms with Crippen LogP contribution in [-0.4, -0.2) is 40.7 Å². The second-order valence-corrected chi connectivity index (χ2v) is 11.4. The van der Waals surface area contributed by atoms with Crippen molar-refractivity contribution in [1.82, 2.24) is 20.2 Å². The van der Waals surface area contributed by atoms with Crippen molar-refractivity contribution in [2.45, 2.75) is 58.0 Å². The Labute approximate surface area is 200 Å². The van der Waals surface area contributed by atoms with Gasteiger partial charge in [0.05, 0.1) is 5.69 Å². The molecule has 6 aliphatic rings. The lowest BCUT2D eigenvalue weighted by molar-refractivity contribution is -0.0503. The molecular weight excluding hydrogens is 428 g/mol. The third kappa shape index (κ3) is 3.65. The molecule has 1 N–H and O–H groups in total. The summed E-state index contributed by atoms with van der Waals surface area (Å²) in [6.07, 6.45) is 10.5. The highest BCUT2D eigenvalue weighted by molar-refractivity contribution is 5.94. The summed E-state index contributed by atoms with van der Waals surface area (Å²) in [7, 11) is 0. The molecule has 7 heteroatoms. The number of ether oxygens (including phenoxy) is 2. The molecule has 2 aliphatic heterocycles. The molecule has 0 spiro atoms. The maximum Gasteiger partial charge on any atom is 0.270 e. The molecule has 34 heavy (non-hydrogen) atoms. The Morgan fingerprint density at radius 1 is 1.06 bits per heavy atom. The first-order valence-electron chi connectivity index (χ1n) is 12.8. The fourth-order valence-electron chi connectivity index (χ4n) is 7.89. The van der Waals surface area contributed by atoms with Crippen LogP contribution in [0.25, 0.3) is 0 Å². The zero-order valence-electron chi connectivity index (χ0n) is 19.6. The number of hydrogen-bond acceptors (Lipinski definition) is 6. The summed E-state index contributed by atoms with van der Waals surface area (Å²) in [6.45, 7) is 3.52. The molecule has 0 unspecified atom stereocenters. The Morgan fingerprint density at radius 2 is 1.82 bits per heavy atom. The maximum absolute atomic E-state index is 13.2. The zero-order valence-corrected chi connectivity index (χ0v) is 19.6. The van der Waals surface area contributed by atoms with Gasteiger partial charge >= 0.3 is 0 Å². The summed E-state index contributed by atoms with van der Waals surface area (Å²) in [5.41, 5.74) is 4.10. The van der Waals surface area contributed by atoms with E-state index in [0.717, 1.165) is 73.1 Å². The predicted molar refractivity (Wildman–Crippen MR) is 125 cm³/mol. The molecule has 1 aromatic heterocycles. The summed E-state index contributed by atoms with van der Waals surface area (Å²) in [4.78, 5) is 24.6. The van der Waals surface area contributed by atoms with E-state index in [0.29, 0.717) is 17.9 Å². The van der Waals surface area contributed by atoms with Gasteiger partial charge in [-0.15, -0.1) is 0 Å². The minimum absolute atomic E-state index is 0.0152. The van der Waals surface area contributed by atoms with E-state index in [4.69, 9.17) is 9.47 Å². The number of fused-ring (bicyclic) bond motifs is 2. The number of hydrogen-bond donors (Lipinski definition) is 1. The van der Waals surface area contributed by atoms with E-state index in [1.807, 2.05) is 6.07 Å². The summed E-state index contributed by atoms with van der Waals surface area (Å²) >= 11 is 0. The number of nitrogens with zero attached hydrogens (tertiary/aromatic N) is 3. The minimum Gasteiger partial charge on any atom is -0.454 e. The number of nitrogens with one attached hydrogen (secondary N) is 1. The van der Waals surface area contributed by atoms with Crippen molar-refractivity contribution in [2.75, 3.05) is 19.9 Å². The van der Waals surface area contributed by atoms with E-state index < -0.39 is 0 Å². The standard InChI is InChI=1S/C27H32N4O3/c32-26(28-14-27-9-18-5-19(10-27)7-20(6-18)11-27)25-21-3-4-31(13-22(21)29-15-30-25)12-17-1-2-23-24(8-17)34-16-33-23/h1-2,8,15,18-20H,3-7,9-14,16H2,(H,28,32). The minimum atomic E-state index is -0.0152. The van der Waals surface area contributed by atoms with Gasteiger partial charge in [0.15, 0.2) is 11.5 Å². The number of carbonyl (C=O) groups excluding carboxylic acids is 1. The van der Waals surface area contributed by atoms with E-state index in [9.17, 15) is 4.79 Å². The van der Waals surface area contributed by atoms with Crippen LogP contribution in [0.1, 0.15) is 65.8 Å². The van der Waals surface area contributed by atoms with Gasteiger partial charge in [-0.05, 0) is 85.8 Å². The fraction of sp³-hybridized carbons (Fsp3) is 0.593. The number of aromatic nitrogens is 2. The Hall–Kier alpha value is -2.67. The molecule has 4 fully saturated rings. The first-order chi connectivity index (χ1) is 16.6. The lowest BCUT2D eigenvalue weighted by Crippen LogP contribution is -2.51. The van der Waals surface area contributed by atoms with Crippen LogP contribution in [0.15, 0.2) is 24.5 Å². The van der Waals surface area contributed by atoms with Crippen molar-refractivity contribution in [3.63, 3.8) is 0 Å². The van der Waals surface area contributed by atoms with Crippen LogP contribution in [0.5, 0.6) is 11.5 Å². The monoisotopic (exact) mass is 460 g/mol. The average molecular weight is 461 g/mol. The Balaban J connectivity index is 1.02. The molecule has 2 aromatic rings. The summed E-state index contributed by atoms with van der Waals surface area (Å²) < 4.78 is 10.9. The second-order valence-electron chi connectivity index (χ2n) is 11.4. The average Bonchev–Trinajstić information content (AvgIpc) is 3.29. The number of carbonyl (C=O) groups is 1. The topological polar surface area (TPSA) is 76.6 Å². The van der Waals surface area contributed by atoms with Gasteiger partial charge in [0.1, 0.15) is 12.0 Å². The van der Waals surface area contributed by atoms with Crippen LogP contribution in [0.4, 0.5) is 0 Å².